The number of thiophene rings is 1. The molecular formula is C29H23N3S. The van der Waals surface area contributed by atoms with Crippen LogP contribution in [0.3, 0.4) is 0 Å². The Morgan fingerprint density at radius 1 is 0.970 bits per heavy atom. The summed E-state index contributed by atoms with van der Waals surface area (Å²) >= 11 is 1.83. The van der Waals surface area contributed by atoms with E-state index in [4.69, 9.17) is 11.0 Å². The summed E-state index contributed by atoms with van der Waals surface area (Å²) in [7, 11) is 0. The second kappa shape index (κ2) is 8.82. The lowest BCUT2D eigenvalue weighted by Crippen LogP contribution is -2.28. The Kier molecular flexibility index (Phi) is 5.56. The van der Waals surface area contributed by atoms with Crippen molar-refractivity contribution in [1.29, 1.82) is 5.26 Å². The van der Waals surface area contributed by atoms with E-state index < -0.39 is 0 Å². The molecule has 1 aromatic heterocycles. The number of benzene rings is 3. The van der Waals surface area contributed by atoms with Crippen LogP contribution in [0, 0.1) is 11.3 Å². The number of hydrogen-bond donors (Lipinski definition) is 2. The van der Waals surface area contributed by atoms with Gasteiger partial charge in [0.15, 0.2) is 0 Å². The number of allylic oxidation sites excluding steroid dienone is 4. The first-order valence-corrected chi connectivity index (χ1v) is 11.7. The molecule has 160 valence electrons. The van der Waals surface area contributed by atoms with Crippen LogP contribution in [0.1, 0.15) is 12.5 Å². The predicted octanol–water partition coefficient (Wildman–Crippen LogP) is 6.90. The largest absolute Gasteiger partial charge is 0.404 e. The number of nitriles is 1. The Balaban J connectivity index is 1.47. The predicted molar refractivity (Wildman–Crippen MR) is 140 cm³/mol. The van der Waals surface area contributed by atoms with E-state index in [1.54, 1.807) is 0 Å². The molecule has 2 heterocycles. The van der Waals surface area contributed by atoms with Gasteiger partial charge in [-0.3, -0.25) is 0 Å². The molecule has 33 heavy (non-hydrogen) atoms. The molecule has 1 aliphatic heterocycles. The lowest BCUT2D eigenvalue weighted by molar-refractivity contribution is 0.801. The maximum atomic E-state index is 9.15. The van der Waals surface area contributed by atoms with Crippen LogP contribution < -0.4 is 11.1 Å². The summed E-state index contributed by atoms with van der Waals surface area (Å²) in [5.41, 5.74) is 11.7. The quantitative estimate of drug-likeness (QED) is 0.265. The molecule has 0 aliphatic carbocycles. The van der Waals surface area contributed by atoms with Gasteiger partial charge in [0.1, 0.15) is 6.07 Å². The topological polar surface area (TPSA) is 61.8 Å². The number of hydrogen-bond acceptors (Lipinski definition) is 4. The van der Waals surface area contributed by atoms with Gasteiger partial charge >= 0.3 is 0 Å². The van der Waals surface area contributed by atoms with E-state index in [2.05, 4.69) is 90.3 Å². The first-order valence-electron chi connectivity index (χ1n) is 10.8. The second-order valence-electron chi connectivity index (χ2n) is 8.10. The molecule has 4 aromatic rings. The molecule has 3 aromatic carbocycles. The zero-order valence-electron chi connectivity index (χ0n) is 18.2. The van der Waals surface area contributed by atoms with E-state index in [0.29, 0.717) is 5.57 Å². The Morgan fingerprint density at radius 3 is 2.36 bits per heavy atom. The van der Waals surface area contributed by atoms with Crippen LogP contribution >= 0.6 is 11.3 Å². The molecule has 4 heteroatoms. The minimum atomic E-state index is 0.0137. The van der Waals surface area contributed by atoms with Crippen molar-refractivity contribution in [2.75, 3.05) is 0 Å². The van der Waals surface area contributed by atoms with Crippen LogP contribution in [-0.2, 0) is 0 Å². The maximum absolute atomic E-state index is 9.15. The van der Waals surface area contributed by atoms with Gasteiger partial charge in [-0.05, 0) is 53.5 Å². The van der Waals surface area contributed by atoms with Crippen LogP contribution in [0.25, 0.3) is 37.0 Å². The Hall–Kier alpha value is -4.07. The van der Waals surface area contributed by atoms with Crippen LogP contribution in [0.5, 0.6) is 0 Å². The molecule has 1 aliphatic rings. The molecule has 0 saturated heterocycles. The van der Waals surface area contributed by atoms with Gasteiger partial charge in [0.25, 0.3) is 0 Å². The van der Waals surface area contributed by atoms with Crippen LogP contribution in [-0.4, -0.2) is 6.04 Å². The molecule has 0 spiro atoms. The van der Waals surface area contributed by atoms with Gasteiger partial charge in [0.2, 0.25) is 0 Å². The first kappa shape index (κ1) is 20.8. The maximum Gasteiger partial charge on any atom is 0.101 e. The smallest absolute Gasteiger partial charge is 0.101 e. The van der Waals surface area contributed by atoms with Crippen molar-refractivity contribution in [3.8, 4) is 17.2 Å². The molecule has 0 amide bonds. The molecular weight excluding hydrogens is 422 g/mol. The lowest BCUT2D eigenvalue weighted by Gasteiger charge is -2.23. The van der Waals surface area contributed by atoms with E-state index in [1.807, 2.05) is 30.4 Å². The van der Waals surface area contributed by atoms with Crippen molar-refractivity contribution >= 4 is 37.2 Å². The van der Waals surface area contributed by atoms with Crippen LogP contribution in [0.15, 0.2) is 108 Å². The van der Waals surface area contributed by atoms with Gasteiger partial charge in [-0.15, -0.1) is 11.3 Å². The molecule has 3 N–H and O–H groups in total. The average molecular weight is 446 g/mol. The first-order chi connectivity index (χ1) is 16.2. The van der Waals surface area contributed by atoms with Gasteiger partial charge in [-0.2, -0.15) is 5.26 Å². The normalized spacial score (nSPS) is 16.5. The molecule has 0 radical (unpaired) electrons. The van der Waals surface area contributed by atoms with E-state index in [1.165, 1.54) is 37.5 Å². The number of dihydropyridines is 1. The lowest BCUT2D eigenvalue weighted by atomic mass is 10.00. The summed E-state index contributed by atoms with van der Waals surface area (Å²) in [6, 6.07) is 26.0. The van der Waals surface area contributed by atoms with Gasteiger partial charge in [0, 0.05) is 32.1 Å². The summed E-state index contributed by atoms with van der Waals surface area (Å²) in [5.74, 6) is 0. The minimum Gasteiger partial charge on any atom is -0.404 e. The number of nitrogens with zero attached hydrogens (tertiary/aromatic N) is 1. The number of fused-ring (bicyclic) bond motifs is 3. The number of nitrogens with two attached hydrogens (primary N) is 1. The summed E-state index contributed by atoms with van der Waals surface area (Å²) < 4.78 is 2.56. The molecule has 0 saturated carbocycles. The highest BCUT2D eigenvalue weighted by Crippen LogP contribution is 2.37. The molecule has 0 bridgehead atoms. The summed E-state index contributed by atoms with van der Waals surface area (Å²) in [4.78, 5) is 0. The van der Waals surface area contributed by atoms with Crippen molar-refractivity contribution in [3.63, 3.8) is 0 Å². The molecule has 1 atom stereocenters. The van der Waals surface area contributed by atoms with Crippen molar-refractivity contribution in [2.45, 2.75) is 13.0 Å². The van der Waals surface area contributed by atoms with Gasteiger partial charge in [-0.25, -0.2) is 0 Å². The fraction of sp³-hybridized carbons (Fsp3) is 0.0690. The molecule has 5 rings (SSSR count). The molecule has 1 unspecified atom stereocenters. The van der Waals surface area contributed by atoms with Crippen molar-refractivity contribution < 1.29 is 0 Å². The van der Waals surface area contributed by atoms with E-state index in [0.717, 1.165) is 16.8 Å². The Bertz CT molecular complexity index is 1510. The Labute approximate surface area is 197 Å². The molecule has 0 fully saturated rings. The number of nitrogens with one attached hydrogen (secondary N) is 1. The van der Waals surface area contributed by atoms with Gasteiger partial charge in [-0.1, -0.05) is 66.7 Å². The van der Waals surface area contributed by atoms with Gasteiger partial charge < -0.3 is 11.1 Å². The average Bonchev–Trinajstić information content (AvgIpc) is 3.24. The second-order valence-corrected chi connectivity index (χ2v) is 9.18. The fourth-order valence-corrected chi connectivity index (χ4v) is 5.36. The van der Waals surface area contributed by atoms with Crippen LogP contribution in [0.4, 0.5) is 0 Å². The summed E-state index contributed by atoms with van der Waals surface area (Å²) in [5, 5.41) is 15.3. The minimum absolute atomic E-state index is 0.0137. The SMILES string of the molecule is C/C(=C\C(C#N)=C/N)C1C=CC=C(c2ccc3c(c2)sc2cc(-c4ccccc4)ccc23)N1. The third-order valence-corrected chi connectivity index (χ3v) is 7.07. The molecule has 3 nitrogen and oxygen atoms in total. The van der Waals surface area contributed by atoms with Crippen molar-refractivity contribution in [1.82, 2.24) is 5.32 Å². The van der Waals surface area contributed by atoms with E-state index in [-0.39, 0.29) is 6.04 Å². The Morgan fingerprint density at radius 2 is 1.67 bits per heavy atom. The van der Waals surface area contributed by atoms with Crippen molar-refractivity contribution in [3.05, 3.63) is 114 Å². The zero-order valence-corrected chi connectivity index (χ0v) is 19.1. The van der Waals surface area contributed by atoms with Crippen molar-refractivity contribution in [2.24, 2.45) is 5.73 Å². The highest BCUT2D eigenvalue weighted by molar-refractivity contribution is 7.25. The highest BCUT2D eigenvalue weighted by Gasteiger charge is 2.15. The summed E-state index contributed by atoms with van der Waals surface area (Å²) in [6.45, 7) is 2.01. The zero-order chi connectivity index (χ0) is 22.8. The number of rotatable bonds is 4. The van der Waals surface area contributed by atoms with E-state index in [9.17, 15) is 0 Å². The monoisotopic (exact) mass is 445 g/mol. The highest BCUT2D eigenvalue weighted by atomic mass is 32.1. The fourth-order valence-electron chi connectivity index (χ4n) is 4.18. The van der Waals surface area contributed by atoms with Gasteiger partial charge in [0.05, 0.1) is 11.6 Å². The van der Waals surface area contributed by atoms with Crippen LogP contribution in [0.2, 0.25) is 0 Å². The van der Waals surface area contributed by atoms with E-state index >= 15 is 0 Å². The standard InChI is InChI=1S/C29H23N3S/c1-19(14-20(17-30)18-31)26-8-5-9-27(32-26)23-11-13-25-24-12-10-22(21-6-3-2-4-7-21)15-28(24)33-29(25)16-23/h2-17,26,32H,30H2,1H3/b19-14+,20-17+. The third kappa shape index (κ3) is 4.07. The third-order valence-electron chi connectivity index (χ3n) is 5.95. The summed E-state index contributed by atoms with van der Waals surface area (Å²) in [6.07, 6.45) is 9.41.